The first-order valence-electron chi connectivity index (χ1n) is 5.36. The van der Waals surface area contributed by atoms with Gasteiger partial charge in [-0.15, -0.1) is 0 Å². The maximum atomic E-state index is 10.3. The van der Waals surface area contributed by atoms with Gasteiger partial charge in [-0.25, -0.2) is 0 Å². The van der Waals surface area contributed by atoms with Gasteiger partial charge >= 0.3 is 0 Å². The van der Waals surface area contributed by atoms with Crippen molar-refractivity contribution in [3.05, 3.63) is 17.5 Å². The van der Waals surface area contributed by atoms with Crippen molar-refractivity contribution in [1.82, 2.24) is 9.78 Å². The van der Waals surface area contributed by atoms with Gasteiger partial charge in [0.15, 0.2) is 5.69 Å². The molecule has 1 aromatic heterocycles. The standard InChI is InChI=1S/C11H15N3O2/c1-14-10(6-9(8-12)13-14)7-11(15)2-4-16-5-3-11/h6,15H,2-5,7H2,1H3. The number of aromatic nitrogens is 2. The molecule has 0 radical (unpaired) electrons. The third-order valence-corrected chi connectivity index (χ3v) is 3.02. The van der Waals surface area contributed by atoms with Crippen LogP contribution in [-0.4, -0.2) is 33.7 Å². The van der Waals surface area contributed by atoms with Gasteiger partial charge < -0.3 is 9.84 Å². The summed E-state index contributed by atoms with van der Waals surface area (Å²) in [5.74, 6) is 0. The number of aryl methyl sites for hydroxylation is 1. The van der Waals surface area contributed by atoms with Crippen molar-refractivity contribution in [2.45, 2.75) is 24.9 Å². The van der Waals surface area contributed by atoms with Crippen LogP contribution in [0.2, 0.25) is 0 Å². The van der Waals surface area contributed by atoms with Gasteiger partial charge in [0.05, 0.1) is 5.60 Å². The first kappa shape index (κ1) is 11.1. The molecule has 0 amide bonds. The Labute approximate surface area is 94.3 Å². The summed E-state index contributed by atoms with van der Waals surface area (Å²) in [6.07, 6.45) is 1.81. The maximum absolute atomic E-state index is 10.3. The van der Waals surface area contributed by atoms with Gasteiger partial charge in [-0.1, -0.05) is 0 Å². The predicted molar refractivity (Wildman–Crippen MR) is 56.6 cm³/mol. The topological polar surface area (TPSA) is 71.1 Å². The van der Waals surface area contributed by atoms with Gasteiger partial charge in [0.25, 0.3) is 0 Å². The van der Waals surface area contributed by atoms with E-state index < -0.39 is 5.60 Å². The van der Waals surface area contributed by atoms with Gasteiger partial charge in [-0.3, -0.25) is 4.68 Å². The van der Waals surface area contributed by atoms with Crippen LogP contribution in [0.3, 0.4) is 0 Å². The van der Waals surface area contributed by atoms with Crippen LogP contribution in [0.25, 0.3) is 0 Å². The molecule has 1 aliphatic rings. The molecule has 1 aliphatic heterocycles. The number of nitriles is 1. The zero-order valence-electron chi connectivity index (χ0n) is 9.31. The molecule has 1 aromatic rings. The van der Waals surface area contributed by atoms with E-state index in [4.69, 9.17) is 10.00 Å². The lowest BCUT2D eigenvalue weighted by molar-refractivity contribution is -0.0634. The molecule has 0 aromatic carbocycles. The van der Waals surface area contributed by atoms with Gasteiger partial charge in [0.1, 0.15) is 6.07 Å². The van der Waals surface area contributed by atoms with E-state index in [0.29, 0.717) is 38.2 Å². The fraction of sp³-hybridized carbons (Fsp3) is 0.636. The van der Waals surface area contributed by atoms with Crippen LogP contribution in [0.1, 0.15) is 24.2 Å². The maximum Gasteiger partial charge on any atom is 0.162 e. The van der Waals surface area contributed by atoms with E-state index in [1.807, 2.05) is 6.07 Å². The Morgan fingerprint density at radius 2 is 2.31 bits per heavy atom. The smallest absolute Gasteiger partial charge is 0.162 e. The molecule has 0 atom stereocenters. The number of aliphatic hydroxyl groups is 1. The first-order valence-corrected chi connectivity index (χ1v) is 5.36. The molecule has 0 spiro atoms. The Morgan fingerprint density at radius 1 is 1.62 bits per heavy atom. The summed E-state index contributed by atoms with van der Waals surface area (Å²) in [5.41, 5.74) is 0.577. The van der Waals surface area contributed by atoms with Crippen LogP contribution in [0, 0.1) is 11.3 Å². The Morgan fingerprint density at radius 3 is 2.88 bits per heavy atom. The fourth-order valence-electron chi connectivity index (χ4n) is 1.99. The summed E-state index contributed by atoms with van der Waals surface area (Å²) in [4.78, 5) is 0. The third kappa shape index (κ3) is 2.23. The Kier molecular flexibility index (Phi) is 2.95. The molecule has 0 bridgehead atoms. The van der Waals surface area contributed by atoms with Crippen molar-refractivity contribution in [2.24, 2.45) is 7.05 Å². The fourth-order valence-corrected chi connectivity index (χ4v) is 1.99. The minimum absolute atomic E-state index is 0.396. The van der Waals surface area contributed by atoms with Crippen LogP contribution >= 0.6 is 0 Å². The molecule has 0 unspecified atom stereocenters. The van der Waals surface area contributed by atoms with Crippen LogP contribution in [0.4, 0.5) is 0 Å². The van der Waals surface area contributed by atoms with Crippen LogP contribution in [0.5, 0.6) is 0 Å². The molecule has 16 heavy (non-hydrogen) atoms. The molecule has 1 N–H and O–H groups in total. The van der Waals surface area contributed by atoms with Crippen molar-refractivity contribution in [2.75, 3.05) is 13.2 Å². The molecule has 1 saturated heterocycles. The number of nitrogens with zero attached hydrogens (tertiary/aromatic N) is 3. The van der Waals surface area contributed by atoms with Gasteiger partial charge in [0, 0.05) is 32.4 Å². The molecule has 5 nitrogen and oxygen atoms in total. The minimum Gasteiger partial charge on any atom is -0.389 e. The van der Waals surface area contributed by atoms with Crippen LogP contribution in [0.15, 0.2) is 6.07 Å². The van der Waals surface area contributed by atoms with Gasteiger partial charge in [0.2, 0.25) is 0 Å². The van der Waals surface area contributed by atoms with Gasteiger partial charge in [-0.2, -0.15) is 10.4 Å². The number of hydrogen-bond donors (Lipinski definition) is 1. The normalized spacial score (nSPS) is 19.3. The van der Waals surface area contributed by atoms with Crippen molar-refractivity contribution in [3.63, 3.8) is 0 Å². The highest BCUT2D eigenvalue weighted by Gasteiger charge is 2.31. The molecule has 86 valence electrons. The van der Waals surface area contributed by atoms with Crippen molar-refractivity contribution in [1.29, 1.82) is 5.26 Å². The van der Waals surface area contributed by atoms with Crippen LogP contribution in [-0.2, 0) is 18.2 Å². The highest BCUT2D eigenvalue weighted by Crippen LogP contribution is 2.25. The molecule has 2 heterocycles. The number of hydrogen-bond acceptors (Lipinski definition) is 4. The zero-order valence-corrected chi connectivity index (χ0v) is 9.31. The second-order valence-corrected chi connectivity index (χ2v) is 4.27. The average Bonchev–Trinajstić information content (AvgIpc) is 2.60. The van der Waals surface area contributed by atoms with E-state index in [-0.39, 0.29) is 0 Å². The summed E-state index contributed by atoms with van der Waals surface area (Å²) in [6.45, 7) is 1.19. The number of ether oxygens (including phenoxy) is 1. The Balaban J connectivity index is 2.13. The summed E-state index contributed by atoms with van der Waals surface area (Å²) in [5, 5.41) is 23.1. The summed E-state index contributed by atoms with van der Waals surface area (Å²) in [6, 6.07) is 3.73. The monoisotopic (exact) mass is 221 g/mol. The van der Waals surface area contributed by atoms with E-state index in [0.717, 1.165) is 5.69 Å². The van der Waals surface area contributed by atoms with Gasteiger partial charge in [-0.05, 0) is 18.9 Å². The molecule has 1 fully saturated rings. The van der Waals surface area contributed by atoms with Crippen molar-refractivity contribution in [3.8, 4) is 6.07 Å². The lowest BCUT2D eigenvalue weighted by Crippen LogP contribution is -2.38. The Hall–Kier alpha value is -1.38. The largest absolute Gasteiger partial charge is 0.389 e. The highest BCUT2D eigenvalue weighted by atomic mass is 16.5. The molecule has 0 aliphatic carbocycles. The minimum atomic E-state index is -0.710. The second kappa shape index (κ2) is 4.24. The van der Waals surface area contributed by atoms with Crippen molar-refractivity contribution >= 4 is 0 Å². The highest BCUT2D eigenvalue weighted by molar-refractivity contribution is 5.23. The quantitative estimate of drug-likeness (QED) is 0.783. The first-order chi connectivity index (χ1) is 7.63. The molecular formula is C11H15N3O2. The zero-order chi connectivity index (χ0) is 11.6. The summed E-state index contributed by atoms with van der Waals surface area (Å²) < 4.78 is 6.88. The lowest BCUT2D eigenvalue weighted by atomic mass is 9.89. The molecule has 2 rings (SSSR count). The molecular weight excluding hydrogens is 206 g/mol. The van der Waals surface area contributed by atoms with E-state index in [9.17, 15) is 5.11 Å². The summed E-state index contributed by atoms with van der Waals surface area (Å²) >= 11 is 0. The summed E-state index contributed by atoms with van der Waals surface area (Å²) in [7, 11) is 1.79. The van der Waals surface area contributed by atoms with E-state index in [1.54, 1.807) is 17.8 Å². The van der Waals surface area contributed by atoms with Crippen molar-refractivity contribution < 1.29 is 9.84 Å². The lowest BCUT2D eigenvalue weighted by Gasteiger charge is -2.31. The third-order valence-electron chi connectivity index (χ3n) is 3.02. The second-order valence-electron chi connectivity index (χ2n) is 4.27. The predicted octanol–water partition coefficient (Wildman–Crippen LogP) is 0.376. The molecule has 0 saturated carbocycles. The Bertz CT molecular complexity index is 413. The van der Waals surface area contributed by atoms with E-state index >= 15 is 0 Å². The number of rotatable bonds is 2. The average molecular weight is 221 g/mol. The van der Waals surface area contributed by atoms with Crippen LogP contribution < -0.4 is 0 Å². The van der Waals surface area contributed by atoms with E-state index in [2.05, 4.69) is 5.10 Å². The SMILES string of the molecule is Cn1nc(C#N)cc1CC1(O)CCOCC1. The van der Waals surface area contributed by atoms with E-state index in [1.165, 1.54) is 0 Å². The molecule has 5 heteroatoms.